The number of rotatable bonds is 1. The molecule has 0 saturated carbocycles. The van der Waals surface area contributed by atoms with Crippen molar-refractivity contribution in [3.05, 3.63) is 10.2 Å². The van der Waals surface area contributed by atoms with Crippen molar-refractivity contribution in [2.75, 3.05) is 0 Å². The molecule has 0 atom stereocenters. The third kappa shape index (κ3) is 1.43. The molecule has 0 unspecified atom stereocenters. The van der Waals surface area contributed by atoms with Crippen molar-refractivity contribution in [1.82, 2.24) is 0 Å². The second-order valence-corrected chi connectivity index (χ2v) is 4.47. The Hall–Kier alpha value is -0.640. The SMILES string of the molecule is CC(C)(C)C1=C(Br)C(C(=O)O)=N1. The lowest BCUT2D eigenvalue weighted by atomic mass is 9.88. The molecule has 66 valence electrons. The highest BCUT2D eigenvalue weighted by atomic mass is 79.9. The van der Waals surface area contributed by atoms with Crippen LogP contribution in [0.1, 0.15) is 20.8 Å². The van der Waals surface area contributed by atoms with Gasteiger partial charge >= 0.3 is 5.97 Å². The lowest BCUT2D eigenvalue weighted by Crippen LogP contribution is -2.26. The van der Waals surface area contributed by atoms with Crippen LogP contribution in [0.5, 0.6) is 0 Å². The number of hydrogen-bond donors (Lipinski definition) is 1. The van der Waals surface area contributed by atoms with Crippen molar-refractivity contribution >= 4 is 27.6 Å². The van der Waals surface area contributed by atoms with E-state index >= 15 is 0 Å². The summed E-state index contributed by atoms with van der Waals surface area (Å²) in [4.78, 5) is 14.4. The second kappa shape index (κ2) is 2.69. The molecule has 1 heterocycles. The van der Waals surface area contributed by atoms with Crippen LogP contribution in [0.3, 0.4) is 0 Å². The molecule has 1 N–H and O–H groups in total. The minimum atomic E-state index is -0.977. The number of carbonyl (C=O) groups is 1. The average Bonchev–Trinajstić information content (AvgIpc) is 1.80. The minimum Gasteiger partial charge on any atom is -0.476 e. The van der Waals surface area contributed by atoms with E-state index in [0.29, 0.717) is 4.48 Å². The Balaban J connectivity index is 2.86. The normalized spacial score (nSPS) is 17.2. The van der Waals surface area contributed by atoms with E-state index in [9.17, 15) is 4.79 Å². The molecule has 1 rings (SSSR count). The molecule has 0 fully saturated rings. The molecule has 0 saturated heterocycles. The summed E-state index contributed by atoms with van der Waals surface area (Å²) in [5.74, 6) is -0.977. The highest BCUT2D eigenvalue weighted by Crippen LogP contribution is 2.38. The molecule has 3 nitrogen and oxygen atoms in total. The Morgan fingerprint density at radius 3 is 2.25 bits per heavy atom. The lowest BCUT2D eigenvalue weighted by Gasteiger charge is -2.26. The fourth-order valence-corrected chi connectivity index (χ4v) is 1.85. The van der Waals surface area contributed by atoms with E-state index in [4.69, 9.17) is 5.11 Å². The Labute approximate surface area is 79.3 Å². The zero-order chi connectivity index (χ0) is 9.52. The third-order valence-corrected chi connectivity index (χ3v) is 2.30. The number of carboxylic acid groups (broad SMARTS) is 1. The van der Waals surface area contributed by atoms with Gasteiger partial charge in [-0.3, -0.25) is 0 Å². The van der Waals surface area contributed by atoms with Crippen molar-refractivity contribution in [3.63, 3.8) is 0 Å². The molecule has 0 bridgehead atoms. The van der Waals surface area contributed by atoms with Gasteiger partial charge in [-0.2, -0.15) is 0 Å². The highest BCUT2D eigenvalue weighted by Gasteiger charge is 2.32. The largest absolute Gasteiger partial charge is 0.476 e. The maximum Gasteiger partial charge on any atom is 0.355 e. The molecule has 0 aromatic heterocycles. The number of halogens is 1. The van der Waals surface area contributed by atoms with Crippen molar-refractivity contribution in [2.45, 2.75) is 20.8 Å². The van der Waals surface area contributed by atoms with Gasteiger partial charge in [0.25, 0.3) is 0 Å². The van der Waals surface area contributed by atoms with Gasteiger partial charge in [-0.1, -0.05) is 20.8 Å². The molecule has 0 amide bonds. The van der Waals surface area contributed by atoms with Crippen LogP contribution in [0.2, 0.25) is 0 Å². The first-order valence-electron chi connectivity index (χ1n) is 3.56. The van der Waals surface area contributed by atoms with Crippen LogP contribution < -0.4 is 0 Å². The first-order valence-corrected chi connectivity index (χ1v) is 4.36. The highest BCUT2D eigenvalue weighted by molar-refractivity contribution is 9.12. The molecule has 0 aliphatic carbocycles. The average molecular weight is 232 g/mol. The van der Waals surface area contributed by atoms with Crippen molar-refractivity contribution in [1.29, 1.82) is 0 Å². The maximum absolute atomic E-state index is 10.5. The topological polar surface area (TPSA) is 49.7 Å². The van der Waals surface area contributed by atoms with Gasteiger partial charge < -0.3 is 5.11 Å². The van der Waals surface area contributed by atoms with E-state index in [-0.39, 0.29) is 11.1 Å². The first kappa shape index (κ1) is 9.45. The van der Waals surface area contributed by atoms with Crippen LogP contribution in [0.15, 0.2) is 15.2 Å². The summed E-state index contributed by atoms with van der Waals surface area (Å²) in [6.45, 7) is 5.98. The van der Waals surface area contributed by atoms with E-state index in [1.165, 1.54) is 0 Å². The van der Waals surface area contributed by atoms with Crippen LogP contribution in [-0.2, 0) is 4.79 Å². The van der Waals surface area contributed by atoms with E-state index in [1.54, 1.807) is 0 Å². The fraction of sp³-hybridized carbons (Fsp3) is 0.500. The van der Waals surface area contributed by atoms with E-state index in [1.807, 2.05) is 20.8 Å². The first-order chi connectivity index (χ1) is 5.34. The van der Waals surface area contributed by atoms with Gasteiger partial charge in [0.05, 0.1) is 10.2 Å². The van der Waals surface area contributed by atoms with Gasteiger partial charge in [0.1, 0.15) is 0 Å². The number of nitrogens with zero attached hydrogens (tertiary/aromatic N) is 1. The Morgan fingerprint density at radius 2 is 2.00 bits per heavy atom. The summed E-state index contributed by atoms with van der Waals surface area (Å²) >= 11 is 3.20. The van der Waals surface area contributed by atoms with Crippen molar-refractivity contribution in [2.24, 2.45) is 10.4 Å². The summed E-state index contributed by atoms with van der Waals surface area (Å²) < 4.78 is 0.627. The van der Waals surface area contributed by atoms with Crippen LogP contribution >= 0.6 is 15.9 Å². The van der Waals surface area contributed by atoms with E-state index in [0.717, 1.165) is 5.70 Å². The van der Waals surface area contributed by atoms with Gasteiger partial charge in [0.2, 0.25) is 0 Å². The smallest absolute Gasteiger partial charge is 0.355 e. The van der Waals surface area contributed by atoms with Crippen molar-refractivity contribution in [3.8, 4) is 0 Å². The minimum absolute atomic E-state index is 0.0855. The van der Waals surface area contributed by atoms with Crippen LogP contribution in [0, 0.1) is 5.41 Å². The predicted molar refractivity (Wildman–Crippen MR) is 50.5 cm³/mol. The predicted octanol–water partition coefficient (Wildman–Crippen LogP) is 2.18. The van der Waals surface area contributed by atoms with Gasteiger partial charge in [-0.05, 0) is 15.9 Å². The monoisotopic (exact) mass is 231 g/mol. The van der Waals surface area contributed by atoms with Crippen molar-refractivity contribution < 1.29 is 9.90 Å². The molecule has 1 aliphatic rings. The van der Waals surface area contributed by atoms with E-state index in [2.05, 4.69) is 20.9 Å². The number of aliphatic carboxylic acids is 1. The summed E-state index contributed by atoms with van der Waals surface area (Å²) in [5, 5.41) is 8.59. The number of carboxylic acids is 1. The standard InChI is InChI=1S/C8H10BrNO2/c1-8(2,3)6-4(9)5(10-6)7(11)12/h1-3H3,(H,11,12). The molecule has 4 heteroatoms. The third-order valence-electron chi connectivity index (χ3n) is 1.55. The number of aliphatic imine (C=N–C) groups is 1. The summed E-state index contributed by atoms with van der Waals surface area (Å²) in [6, 6.07) is 0. The van der Waals surface area contributed by atoms with Gasteiger partial charge in [0, 0.05) is 5.41 Å². The molecular weight excluding hydrogens is 222 g/mol. The molecule has 0 spiro atoms. The van der Waals surface area contributed by atoms with Crippen LogP contribution in [-0.4, -0.2) is 16.8 Å². The number of hydrogen-bond acceptors (Lipinski definition) is 2. The summed E-state index contributed by atoms with van der Waals surface area (Å²) in [7, 11) is 0. The fourth-order valence-electron chi connectivity index (χ4n) is 0.908. The Kier molecular flexibility index (Phi) is 2.12. The second-order valence-electron chi connectivity index (χ2n) is 3.68. The zero-order valence-corrected chi connectivity index (χ0v) is 8.77. The maximum atomic E-state index is 10.5. The van der Waals surface area contributed by atoms with E-state index < -0.39 is 5.97 Å². The molecule has 0 aromatic rings. The molecule has 0 radical (unpaired) electrons. The van der Waals surface area contributed by atoms with Crippen LogP contribution in [0.4, 0.5) is 0 Å². The van der Waals surface area contributed by atoms with Gasteiger partial charge in [-0.25, -0.2) is 9.79 Å². The summed E-state index contributed by atoms with van der Waals surface area (Å²) in [5.41, 5.74) is 0.859. The molecule has 1 aliphatic heterocycles. The molecular formula is C8H10BrNO2. The molecule has 12 heavy (non-hydrogen) atoms. The summed E-state index contributed by atoms with van der Waals surface area (Å²) in [6.07, 6.45) is 0. The molecule has 0 aromatic carbocycles. The van der Waals surface area contributed by atoms with Gasteiger partial charge in [0.15, 0.2) is 5.71 Å². The van der Waals surface area contributed by atoms with Gasteiger partial charge in [-0.15, -0.1) is 0 Å². The number of allylic oxidation sites excluding steroid dienone is 1. The Morgan fingerprint density at radius 1 is 1.50 bits per heavy atom. The van der Waals surface area contributed by atoms with Crippen LogP contribution in [0.25, 0.3) is 0 Å². The lowest BCUT2D eigenvalue weighted by molar-refractivity contribution is -0.129. The Bertz CT molecular complexity index is 297. The quantitative estimate of drug-likeness (QED) is 0.753. The zero-order valence-electron chi connectivity index (χ0n) is 7.18.